The largest absolute Gasteiger partial charge is 0.394 e. The number of hydrogen-bond acceptors (Lipinski definition) is 6. The Labute approximate surface area is 151 Å². The van der Waals surface area contributed by atoms with Crippen LogP contribution >= 0.6 is 0 Å². The fraction of sp³-hybridized carbons (Fsp3) is 0.211. The van der Waals surface area contributed by atoms with E-state index in [4.69, 9.17) is 0 Å². The van der Waals surface area contributed by atoms with E-state index in [-0.39, 0.29) is 18.5 Å². The Hall–Kier alpha value is -3.06. The summed E-state index contributed by atoms with van der Waals surface area (Å²) >= 11 is 0. The van der Waals surface area contributed by atoms with Crippen molar-refractivity contribution in [2.24, 2.45) is 0 Å². The number of nitrogens with zero attached hydrogens (tertiary/aromatic N) is 3. The van der Waals surface area contributed by atoms with Gasteiger partial charge in [0, 0.05) is 24.8 Å². The molecule has 0 radical (unpaired) electrons. The van der Waals surface area contributed by atoms with Crippen molar-refractivity contribution < 1.29 is 9.50 Å². The summed E-state index contributed by atoms with van der Waals surface area (Å²) in [6.07, 6.45) is 1.70. The second kappa shape index (κ2) is 8.35. The third-order valence-electron chi connectivity index (χ3n) is 3.69. The van der Waals surface area contributed by atoms with Gasteiger partial charge in [-0.1, -0.05) is 18.2 Å². The molecule has 0 fully saturated rings. The van der Waals surface area contributed by atoms with Gasteiger partial charge in [0.2, 0.25) is 5.95 Å². The van der Waals surface area contributed by atoms with Gasteiger partial charge in [0.05, 0.1) is 18.0 Å². The van der Waals surface area contributed by atoms with Crippen molar-refractivity contribution in [3.05, 3.63) is 66.1 Å². The van der Waals surface area contributed by atoms with Gasteiger partial charge in [-0.05, 0) is 36.8 Å². The molecule has 6 nitrogen and oxygen atoms in total. The van der Waals surface area contributed by atoms with Gasteiger partial charge in [-0.2, -0.15) is 4.98 Å². The van der Waals surface area contributed by atoms with Gasteiger partial charge in [-0.15, -0.1) is 0 Å². The molecule has 0 saturated heterocycles. The fourth-order valence-electron chi connectivity index (χ4n) is 2.31. The highest BCUT2D eigenvalue weighted by Gasteiger charge is 2.10. The molecule has 7 heteroatoms. The van der Waals surface area contributed by atoms with E-state index in [0.29, 0.717) is 24.0 Å². The maximum Gasteiger partial charge on any atom is 0.225 e. The predicted molar refractivity (Wildman–Crippen MR) is 99.2 cm³/mol. The number of benzene rings is 1. The van der Waals surface area contributed by atoms with Gasteiger partial charge in [0.15, 0.2) is 0 Å². The Morgan fingerprint density at radius 1 is 1.08 bits per heavy atom. The van der Waals surface area contributed by atoms with E-state index < -0.39 is 0 Å². The molecule has 0 spiro atoms. The average Bonchev–Trinajstić information content (AvgIpc) is 2.68. The van der Waals surface area contributed by atoms with Crippen LogP contribution in [0.4, 0.5) is 16.2 Å². The zero-order valence-electron chi connectivity index (χ0n) is 14.4. The Bertz CT molecular complexity index is 842. The molecule has 134 valence electrons. The van der Waals surface area contributed by atoms with Crippen LogP contribution in [-0.4, -0.2) is 32.7 Å². The van der Waals surface area contributed by atoms with E-state index in [2.05, 4.69) is 25.6 Å². The minimum absolute atomic E-state index is 0.0322. The third kappa shape index (κ3) is 4.73. The number of hydrogen-bond donors (Lipinski definition) is 3. The second-order valence-electron chi connectivity index (χ2n) is 5.88. The quantitative estimate of drug-likeness (QED) is 0.605. The lowest BCUT2D eigenvalue weighted by atomic mass is 10.2. The molecule has 2 aromatic heterocycles. The fourth-order valence-corrected chi connectivity index (χ4v) is 2.31. The molecule has 1 aromatic carbocycles. The number of aromatic nitrogens is 3. The maximum atomic E-state index is 13.0. The number of rotatable bonds is 7. The van der Waals surface area contributed by atoms with Gasteiger partial charge in [0.25, 0.3) is 0 Å². The van der Waals surface area contributed by atoms with Crippen molar-refractivity contribution >= 4 is 11.8 Å². The van der Waals surface area contributed by atoms with Crippen molar-refractivity contribution in [3.63, 3.8) is 0 Å². The maximum absolute atomic E-state index is 13.0. The normalized spacial score (nSPS) is 11.8. The highest BCUT2D eigenvalue weighted by atomic mass is 19.1. The molecule has 26 heavy (non-hydrogen) atoms. The Morgan fingerprint density at radius 3 is 2.58 bits per heavy atom. The van der Waals surface area contributed by atoms with Crippen LogP contribution in [-0.2, 0) is 6.54 Å². The molecule has 0 saturated carbocycles. The van der Waals surface area contributed by atoms with Gasteiger partial charge in [-0.3, -0.25) is 4.98 Å². The van der Waals surface area contributed by atoms with Crippen LogP contribution in [0.15, 0.2) is 54.7 Å². The molecule has 0 aliphatic rings. The van der Waals surface area contributed by atoms with E-state index in [1.807, 2.05) is 25.1 Å². The molecule has 3 N–H and O–H groups in total. The van der Waals surface area contributed by atoms with Crippen LogP contribution < -0.4 is 10.6 Å². The smallest absolute Gasteiger partial charge is 0.225 e. The molecule has 1 atom stereocenters. The van der Waals surface area contributed by atoms with Gasteiger partial charge in [0.1, 0.15) is 11.6 Å². The number of anilines is 2. The number of halogens is 1. The first-order valence-corrected chi connectivity index (χ1v) is 8.30. The molecular formula is C19H20FN5O. The lowest BCUT2D eigenvalue weighted by Crippen LogP contribution is -2.21. The van der Waals surface area contributed by atoms with Gasteiger partial charge < -0.3 is 15.7 Å². The van der Waals surface area contributed by atoms with Crippen molar-refractivity contribution in [1.82, 2.24) is 15.0 Å². The number of nitrogens with one attached hydrogen (secondary N) is 2. The second-order valence-corrected chi connectivity index (χ2v) is 5.88. The lowest BCUT2D eigenvalue weighted by molar-refractivity contribution is 0.281. The van der Waals surface area contributed by atoms with Crippen molar-refractivity contribution in [3.8, 4) is 11.4 Å². The summed E-state index contributed by atoms with van der Waals surface area (Å²) in [5.41, 5.74) is 2.32. The van der Waals surface area contributed by atoms with Gasteiger partial charge >= 0.3 is 0 Å². The van der Waals surface area contributed by atoms with E-state index in [1.165, 1.54) is 12.1 Å². The summed E-state index contributed by atoms with van der Waals surface area (Å²) in [4.78, 5) is 13.2. The van der Waals surface area contributed by atoms with E-state index in [1.54, 1.807) is 24.4 Å². The van der Waals surface area contributed by atoms with Crippen LogP contribution in [0, 0.1) is 5.82 Å². The minimum atomic E-state index is -0.266. The first-order valence-electron chi connectivity index (χ1n) is 8.30. The molecule has 0 bridgehead atoms. The summed E-state index contributed by atoms with van der Waals surface area (Å²) in [6, 6.07) is 13.5. The molecule has 0 aliphatic carbocycles. The highest BCUT2D eigenvalue weighted by Crippen LogP contribution is 2.20. The van der Waals surface area contributed by atoms with E-state index in [9.17, 15) is 9.50 Å². The molecule has 0 aliphatic heterocycles. The third-order valence-corrected chi connectivity index (χ3v) is 3.69. The first-order chi connectivity index (χ1) is 12.6. The monoisotopic (exact) mass is 353 g/mol. The zero-order chi connectivity index (χ0) is 18.4. The standard InChI is InChI=1S/C19H20FN5O/c1-13(12-26)23-19-24-17(16-4-2-3-9-21-16)10-18(25-19)22-11-14-5-7-15(20)8-6-14/h2-10,13,26H,11-12H2,1H3,(H2,22,23,24,25)/t13-/m0/s1. The van der Waals surface area contributed by atoms with Crippen LogP contribution in [0.3, 0.4) is 0 Å². The molecule has 0 amide bonds. The Balaban J connectivity index is 1.85. The molecule has 2 heterocycles. The Kier molecular flexibility index (Phi) is 5.70. The summed E-state index contributed by atoms with van der Waals surface area (Å²) in [6.45, 7) is 2.30. The summed E-state index contributed by atoms with van der Waals surface area (Å²) in [5.74, 6) is 0.742. The van der Waals surface area contributed by atoms with Crippen LogP contribution in [0.5, 0.6) is 0 Å². The Morgan fingerprint density at radius 2 is 1.88 bits per heavy atom. The van der Waals surface area contributed by atoms with Crippen LogP contribution in [0.25, 0.3) is 11.4 Å². The SMILES string of the molecule is C[C@@H](CO)Nc1nc(NCc2ccc(F)cc2)cc(-c2ccccn2)n1. The first kappa shape index (κ1) is 17.8. The molecular weight excluding hydrogens is 333 g/mol. The summed E-state index contributed by atoms with van der Waals surface area (Å²) < 4.78 is 13.0. The van der Waals surface area contributed by atoms with E-state index >= 15 is 0 Å². The summed E-state index contributed by atoms with van der Waals surface area (Å²) in [5, 5.41) is 15.5. The van der Waals surface area contributed by atoms with Gasteiger partial charge in [-0.25, -0.2) is 9.37 Å². The van der Waals surface area contributed by atoms with Crippen LogP contribution in [0.2, 0.25) is 0 Å². The number of aliphatic hydroxyl groups is 1. The zero-order valence-corrected chi connectivity index (χ0v) is 14.4. The average molecular weight is 353 g/mol. The predicted octanol–water partition coefficient (Wildman–Crippen LogP) is 3.08. The minimum Gasteiger partial charge on any atom is -0.394 e. The lowest BCUT2D eigenvalue weighted by Gasteiger charge is -2.14. The highest BCUT2D eigenvalue weighted by molar-refractivity contribution is 5.61. The van der Waals surface area contributed by atoms with Crippen molar-refractivity contribution in [2.45, 2.75) is 19.5 Å². The van der Waals surface area contributed by atoms with Crippen molar-refractivity contribution in [2.75, 3.05) is 17.2 Å². The molecule has 0 unspecified atom stereocenters. The van der Waals surface area contributed by atoms with Crippen LogP contribution in [0.1, 0.15) is 12.5 Å². The summed E-state index contributed by atoms with van der Waals surface area (Å²) in [7, 11) is 0. The topological polar surface area (TPSA) is 83.0 Å². The molecule has 3 rings (SSSR count). The molecule has 3 aromatic rings. The van der Waals surface area contributed by atoms with Crippen molar-refractivity contribution in [1.29, 1.82) is 0 Å². The number of aliphatic hydroxyl groups excluding tert-OH is 1. The number of pyridine rings is 1. The van der Waals surface area contributed by atoms with E-state index in [0.717, 1.165) is 11.3 Å².